The molecule has 0 radical (unpaired) electrons. The molecule has 1 aromatic rings. The lowest BCUT2D eigenvalue weighted by molar-refractivity contribution is -0.153. The maximum atomic E-state index is 11.8. The van der Waals surface area contributed by atoms with E-state index in [1.807, 2.05) is 31.2 Å². The zero-order chi connectivity index (χ0) is 13.1. The lowest BCUT2D eigenvalue weighted by Crippen LogP contribution is -2.47. The van der Waals surface area contributed by atoms with E-state index in [0.717, 1.165) is 11.1 Å². The second-order valence-electron chi connectivity index (χ2n) is 4.75. The molecule has 96 valence electrons. The molecule has 4 nitrogen and oxygen atoms in total. The average Bonchev–Trinajstić information content (AvgIpc) is 2.34. The average molecular weight is 247 g/mol. The number of carboxylic acids is 1. The van der Waals surface area contributed by atoms with Crippen molar-refractivity contribution in [1.82, 2.24) is 4.90 Å². The van der Waals surface area contributed by atoms with Crippen molar-refractivity contribution < 1.29 is 14.7 Å². The van der Waals surface area contributed by atoms with Gasteiger partial charge < -0.3 is 10.0 Å². The van der Waals surface area contributed by atoms with Gasteiger partial charge in [0.25, 0.3) is 0 Å². The Bertz CT molecular complexity index is 453. The normalized spacial score (nSPS) is 19.9. The van der Waals surface area contributed by atoms with Crippen LogP contribution in [0.1, 0.15) is 30.4 Å². The minimum Gasteiger partial charge on any atom is -0.480 e. The number of carbonyl (C=O) groups is 2. The van der Waals surface area contributed by atoms with Gasteiger partial charge in [-0.2, -0.15) is 0 Å². The highest BCUT2D eigenvalue weighted by Crippen LogP contribution is 2.21. The first-order chi connectivity index (χ1) is 8.58. The molecule has 1 N–H and O–H groups in total. The van der Waals surface area contributed by atoms with Crippen LogP contribution in [0.4, 0.5) is 0 Å². The fourth-order valence-corrected chi connectivity index (χ4v) is 2.27. The summed E-state index contributed by atoms with van der Waals surface area (Å²) in [6.45, 7) is 2.38. The summed E-state index contributed by atoms with van der Waals surface area (Å²) in [6, 6.07) is 7.15. The molecule has 0 bridgehead atoms. The van der Waals surface area contributed by atoms with E-state index >= 15 is 0 Å². The predicted octanol–water partition coefficient (Wildman–Crippen LogP) is 1.96. The van der Waals surface area contributed by atoms with Crippen molar-refractivity contribution in [1.29, 1.82) is 0 Å². The number of rotatable bonds is 3. The van der Waals surface area contributed by atoms with Crippen molar-refractivity contribution in [3.8, 4) is 0 Å². The van der Waals surface area contributed by atoms with Gasteiger partial charge in [0.2, 0.25) is 5.91 Å². The summed E-state index contributed by atoms with van der Waals surface area (Å²) in [5, 5.41) is 9.15. The highest BCUT2D eigenvalue weighted by Gasteiger charge is 2.32. The van der Waals surface area contributed by atoms with Gasteiger partial charge in [0.1, 0.15) is 6.04 Å². The molecular formula is C14H17NO3. The van der Waals surface area contributed by atoms with Gasteiger partial charge in [0.05, 0.1) is 0 Å². The maximum Gasteiger partial charge on any atom is 0.326 e. The molecule has 1 saturated heterocycles. The summed E-state index contributed by atoms with van der Waals surface area (Å²) < 4.78 is 0. The van der Waals surface area contributed by atoms with Crippen molar-refractivity contribution in [2.75, 3.05) is 0 Å². The Hall–Kier alpha value is -1.84. The minimum absolute atomic E-state index is 0.0609. The number of benzene rings is 1. The third-order valence-corrected chi connectivity index (χ3v) is 3.32. The Morgan fingerprint density at radius 3 is 2.67 bits per heavy atom. The highest BCUT2D eigenvalue weighted by atomic mass is 16.4. The molecule has 0 spiro atoms. The predicted molar refractivity (Wildman–Crippen MR) is 67.0 cm³/mol. The van der Waals surface area contributed by atoms with Crippen LogP contribution in [0, 0.1) is 6.92 Å². The van der Waals surface area contributed by atoms with Crippen molar-refractivity contribution >= 4 is 11.9 Å². The minimum atomic E-state index is -0.907. The first-order valence-electron chi connectivity index (χ1n) is 6.16. The highest BCUT2D eigenvalue weighted by molar-refractivity contribution is 5.84. The van der Waals surface area contributed by atoms with Gasteiger partial charge >= 0.3 is 5.97 Å². The number of amides is 1. The molecule has 0 saturated carbocycles. The molecule has 1 aliphatic heterocycles. The van der Waals surface area contributed by atoms with Crippen LogP contribution in [-0.4, -0.2) is 27.9 Å². The van der Waals surface area contributed by atoms with E-state index in [9.17, 15) is 9.59 Å². The summed E-state index contributed by atoms with van der Waals surface area (Å²) in [5.41, 5.74) is 2.13. The van der Waals surface area contributed by atoms with Gasteiger partial charge in [-0.15, -0.1) is 0 Å². The second kappa shape index (κ2) is 5.21. The molecule has 4 heteroatoms. The van der Waals surface area contributed by atoms with Crippen LogP contribution in [-0.2, 0) is 16.1 Å². The first-order valence-corrected chi connectivity index (χ1v) is 6.16. The van der Waals surface area contributed by atoms with Crippen LogP contribution >= 0.6 is 0 Å². The molecule has 1 fully saturated rings. The summed E-state index contributed by atoms with van der Waals surface area (Å²) in [7, 11) is 0. The van der Waals surface area contributed by atoms with Gasteiger partial charge in [-0.25, -0.2) is 4.79 Å². The van der Waals surface area contributed by atoms with Crippen molar-refractivity contribution in [2.45, 2.75) is 38.8 Å². The van der Waals surface area contributed by atoms with E-state index in [2.05, 4.69) is 0 Å². The van der Waals surface area contributed by atoms with Gasteiger partial charge in [0, 0.05) is 13.0 Å². The topological polar surface area (TPSA) is 57.6 Å². The molecule has 18 heavy (non-hydrogen) atoms. The molecule has 0 aliphatic carbocycles. The van der Waals surface area contributed by atoms with Gasteiger partial charge in [-0.3, -0.25) is 4.79 Å². The number of aryl methyl sites for hydroxylation is 1. The Balaban J connectivity index is 2.15. The molecule has 2 rings (SSSR count). The number of likely N-dealkylation sites (tertiary alicyclic amines) is 1. The van der Waals surface area contributed by atoms with Crippen LogP contribution < -0.4 is 0 Å². The number of carbonyl (C=O) groups excluding carboxylic acids is 1. The van der Waals surface area contributed by atoms with E-state index in [-0.39, 0.29) is 5.91 Å². The second-order valence-corrected chi connectivity index (χ2v) is 4.75. The number of hydrogen-bond donors (Lipinski definition) is 1. The Morgan fingerprint density at radius 2 is 2.06 bits per heavy atom. The third kappa shape index (κ3) is 2.70. The molecule has 1 atom stereocenters. The van der Waals surface area contributed by atoms with Crippen molar-refractivity contribution in [3.63, 3.8) is 0 Å². The quantitative estimate of drug-likeness (QED) is 0.888. The first kappa shape index (κ1) is 12.6. The lowest BCUT2D eigenvalue weighted by atomic mass is 10.0. The Kier molecular flexibility index (Phi) is 3.65. The van der Waals surface area contributed by atoms with Crippen LogP contribution in [0.3, 0.4) is 0 Å². The van der Waals surface area contributed by atoms with Crippen molar-refractivity contribution in [3.05, 3.63) is 35.4 Å². The zero-order valence-electron chi connectivity index (χ0n) is 10.4. The zero-order valence-corrected chi connectivity index (χ0v) is 10.4. The lowest BCUT2D eigenvalue weighted by Gasteiger charge is -2.33. The SMILES string of the molecule is Cc1ccc(CN2C(=O)CCC[C@@H]2C(=O)O)cc1. The summed E-state index contributed by atoms with van der Waals surface area (Å²) in [6.07, 6.45) is 1.67. The number of carboxylic acid groups (broad SMARTS) is 1. The van der Waals surface area contributed by atoms with Gasteiger partial charge in [0.15, 0.2) is 0 Å². The van der Waals surface area contributed by atoms with E-state index in [4.69, 9.17) is 5.11 Å². The fourth-order valence-electron chi connectivity index (χ4n) is 2.27. The van der Waals surface area contributed by atoms with E-state index < -0.39 is 12.0 Å². The van der Waals surface area contributed by atoms with E-state index in [0.29, 0.717) is 25.8 Å². The van der Waals surface area contributed by atoms with Gasteiger partial charge in [-0.1, -0.05) is 29.8 Å². The smallest absolute Gasteiger partial charge is 0.326 e. The van der Waals surface area contributed by atoms with E-state index in [1.165, 1.54) is 4.90 Å². The Morgan fingerprint density at radius 1 is 1.39 bits per heavy atom. The van der Waals surface area contributed by atoms with E-state index in [1.54, 1.807) is 0 Å². The summed E-state index contributed by atoms with van der Waals surface area (Å²) in [4.78, 5) is 24.5. The largest absolute Gasteiger partial charge is 0.480 e. The fraction of sp³-hybridized carbons (Fsp3) is 0.429. The van der Waals surface area contributed by atoms with Crippen LogP contribution in [0.5, 0.6) is 0 Å². The van der Waals surface area contributed by atoms with Crippen LogP contribution in [0.2, 0.25) is 0 Å². The number of aliphatic carboxylic acids is 1. The molecule has 1 amide bonds. The molecule has 0 aromatic heterocycles. The molecule has 1 aliphatic rings. The summed E-state index contributed by atoms with van der Waals surface area (Å²) >= 11 is 0. The number of piperidine rings is 1. The van der Waals surface area contributed by atoms with Crippen LogP contribution in [0.15, 0.2) is 24.3 Å². The number of hydrogen-bond acceptors (Lipinski definition) is 2. The van der Waals surface area contributed by atoms with Gasteiger partial charge in [-0.05, 0) is 25.3 Å². The monoisotopic (exact) mass is 247 g/mol. The molecule has 0 unspecified atom stereocenters. The molecule has 1 heterocycles. The van der Waals surface area contributed by atoms with Crippen molar-refractivity contribution in [2.24, 2.45) is 0 Å². The maximum absolute atomic E-state index is 11.8. The molecular weight excluding hydrogens is 230 g/mol. The third-order valence-electron chi connectivity index (χ3n) is 3.32. The molecule has 1 aromatic carbocycles. The summed E-state index contributed by atoms with van der Waals surface area (Å²) in [5.74, 6) is -0.968. The Labute approximate surface area is 106 Å². The number of nitrogens with zero attached hydrogens (tertiary/aromatic N) is 1. The standard InChI is InChI=1S/C14H17NO3/c1-10-5-7-11(8-6-10)9-15-12(14(17)18)3-2-4-13(15)16/h5-8,12H,2-4,9H2,1H3,(H,17,18)/t12-/m1/s1. The van der Waals surface area contributed by atoms with Crippen LogP contribution in [0.25, 0.3) is 0 Å².